The summed E-state index contributed by atoms with van der Waals surface area (Å²) in [4.78, 5) is 78.9. The van der Waals surface area contributed by atoms with E-state index in [0.717, 1.165) is 13.8 Å². The molecule has 4 N–H and O–H groups in total. The predicted octanol–water partition coefficient (Wildman–Crippen LogP) is 12.2. The lowest BCUT2D eigenvalue weighted by Crippen LogP contribution is -2.32. The minimum absolute atomic E-state index is 0.0738. The van der Waals surface area contributed by atoms with E-state index in [4.69, 9.17) is 67.5 Å². The summed E-state index contributed by atoms with van der Waals surface area (Å²) in [6, 6.07) is 19.5. The van der Waals surface area contributed by atoms with Crippen molar-refractivity contribution < 1.29 is 38.2 Å². The molecule has 4 atom stereocenters. The molecule has 21 heteroatoms. The highest BCUT2D eigenvalue weighted by atomic mass is 35.5. The van der Waals surface area contributed by atoms with Gasteiger partial charge in [-0.3, -0.25) is 28.8 Å². The third-order valence-corrected chi connectivity index (χ3v) is 10.9. The Morgan fingerprint density at radius 2 is 1.01 bits per heavy atom. The molecule has 5 rings (SSSR count). The van der Waals surface area contributed by atoms with E-state index in [1.54, 1.807) is 50.2 Å². The molecule has 0 aliphatic heterocycles. The lowest BCUT2D eigenvalue weighted by atomic mass is 10.1. The van der Waals surface area contributed by atoms with Crippen LogP contribution < -0.4 is 30.7 Å². The second-order valence-electron chi connectivity index (χ2n) is 14.8. The summed E-state index contributed by atoms with van der Waals surface area (Å²) in [5.74, 6) is -3.32. The maximum atomic E-state index is 13.5. The number of carbonyl (C=O) groups is 6. The van der Waals surface area contributed by atoms with Crippen molar-refractivity contribution in [2.45, 2.75) is 56.4 Å². The fraction of sp³-hybridized carbons (Fsp3) is 0.234. The number of methoxy groups -OCH3 is 2. The lowest BCUT2D eigenvalue weighted by Gasteiger charge is -2.16. The van der Waals surface area contributed by atoms with Crippen LogP contribution in [0.1, 0.15) is 75.9 Å². The molecule has 0 fully saturated rings. The van der Waals surface area contributed by atoms with Crippen LogP contribution >= 0.6 is 58.0 Å². The van der Waals surface area contributed by atoms with Crippen molar-refractivity contribution in [3.05, 3.63) is 129 Å². The first kappa shape index (κ1) is 52.5. The highest BCUT2D eigenvalue weighted by Crippen LogP contribution is 2.38. The van der Waals surface area contributed by atoms with Crippen LogP contribution in [-0.2, 0) is 25.1 Å². The van der Waals surface area contributed by atoms with Gasteiger partial charge in [0.05, 0.1) is 36.3 Å². The van der Waals surface area contributed by atoms with Gasteiger partial charge in [-0.05, 0) is 112 Å². The number of carbonyl (C=O) groups excluding carboxylic acids is 6. The standard InChI is InChI=1S/C47H43Cl5N8O8/c1-23(49)40-36(9-7-11-38(40)67-5)55-44(63)27-15-30(51)20-33(17-27)57-59-42(25(3)61)46(65)53-32-13-14-35(29(19-32)22-48)54-47(66)43(26(4)62)60-58-34-18-28(16-31(52)21-34)45(64)56-37-10-8-12-39(68-6)41(37)24(2)50/h7-21,23-24,42-43H,22H2,1-6H3,(H,53,65)(H,54,66)(H,55,63)(H,56,64). The second-order valence-corrected chi connectivity index (χ2v) is 17.3. The first-order valence-electron chi connectivity index (χ1n) is 20.3. The largest absolute Gasteiger partial charge is 0.496 e. The zero-order valence-corrected chi connectivity index (χ0v) is 40.9. The number of azo groups is 2. The number of alkyl halides is 3. The molecule has 5 aromatic rings. The van der Waals surface area contributed by atoms with E-state index in [9.17, 15) is 28.8 Å². The minimum atomic E-state index is -1.63. The summed E-state index contributed by atoms with van der Waals surface area (Å²) in [5.41, 5.74) is 2.99. The Morgan fingerprint density at radius 1 is 0.574 bits per heavy atom. The number of anilines is 4. The normalized spacial score (nSPS) is 13.0. The molecule has 0 saturated carbocycles. The maximum Gasteiger partial charge on any atom is 0.258 e. The summed E-state index contributed by atoms with van der Waals surface area (Å²) in [5, 5.41) is 26.1. The molecule has 354 valence electrons. The van der Waals surface area contributed by atoms with E-state index in [-0.39, 0.29) is 49.8 Å². The van der Waals surface area contributed by atoms with E-state index in [0.29, 0.717) is 39.6 Å². The van der Waals surface area contributed by atoms with Gasteiger partial charge in [-0.1, -0.05) is 35.3 Å². The monoisotopic (exact) mass is 1020 g/mol. The Labute approximate surface area is 416 Å². The average Bonchev–Trinajstić information content (AvgIpc) is 3.28. The van der Waals surface area contributed by atoms with Crippen molar-refractivity contribution in [2.75, 3.05) is 35.5 Å². The number of hydrogen-bond acceptors (Lipinski definition) is 12. The van der Waals surface area contributed by atoms with Crippen LogP contribution in [0.15, 0.2) is 111 Å². The molecule has 16 nitrogen and oxygen atoms in total. The molecule has 0 aliphatic carbocycles. The van der Waals surface area contributed by atoms with Crippen molar-refractivity contribution in [1.29, 1.82) is 0 Å². The van der Waals surface area contributed by atoms with Gasteiger partial charge in [0.25, 0.3) is 23.6 Å². The quantitative estimate of drug-likeness (QED) is 0.0353. The van der Waals surface area contributed by atoms with Gasteiger partial charge in [0.15, 0.2) is 11.6 Å². The maximum absolute atomic E-state index is 13.5. The Kier molecular flexibility index (Phi) is 18.6. The summed E-state index contributed by atoms with van der Waals surface area (Å²) in [6.45, 7) is 5.77. The van der Waals surface area contributed by atoms with Gasteiger partial charge in [-0.2, -0.15) is 20.5 Å². The number of Topliss-reactive ketones (excluding diaryl/α,β-unsaturated/α-hetero) is 2. The number of rotatable bonds is 19. The van der Waals surface area contributed by atoms with E-state index < -0.39 is 58.0 Å². The number of amides is 4. The Bertz CT molecular complexity index is 2820. The second kappa shape index (κ2) is 24.0. The number of nitrogens with zero attached hydrogens (tertiary/aromatic N) is 4. The molecule has 4 unspecified atom stereocenters. The number of ether oxygens (including phenoxy) is 2. The van der Waals surface area contributed by atoms with E-state index in [2.05, 4.69) is 41.7 Å². The van der Waals surface area contributed by atoms with Gasteiger partial charge in [-0.25, -0.2) is 0 Å². The van der Waals surface area contributed by atoms with Gasteiger partial charge in [0, 0.05) is 60.9 Å². The highest BCUT2D eigenvalue weighted by Gasteiger charge is 2.27. The van der Waals surface area contributed by atoms with Crippen molar-refractivity contribution in [3.8, 4) is 11.5 Å². The molecule has 0 spiro atoms. The molecule has 0 aromatic heterocycles. The molecule has 0 heterocycles. The molecule has 0 saturated heterocycles. The lowest BCUT2D eigenvalue weighted by molar-refractivity contribution is -0.127. The van der Waals surface area contributed by atoms with Crippen LogP contribution in [-0.4, -0.2) is 61.5 Å². The SMILES string of the molecule is COc1cccc(NC(=O)c2cc(Cl)cc(N=NC(C(C)=O)C(=O)Nc3ccc(NC(=O)C(N=Nc4cc(Cl)cc(C(=O)Nc5cccc(OC)c5C(C)Cl)c4)C(C)=O)c(CCl)c3)c2)c1C(C)Cl. The average molecular weight is 1030 g/mol. The van der Waals surface area contributed by atoms with Crippen molar-refractivity contribution in [3.63, 3.8) is 0 Å². The van der Waals surface area contributed by atoms with E-state index in [1.807, 2.05) is 0 Å². The summed E-state index contributed by atoms with van der Waals surface area (Å²) < 4.78 is 10.8. The molecule has 68 heavy (non-hydrogen) atoms. The number of halogens is 5. The van der Waals surface area contributed by atoms with Crippen LogP contribution in [0.25, 0.3) is 0 Å². The number of ketones is 2. The highest BCUT2D eigenvalue weighted by molar-refractivity contribution is 6.32. The van der Waals surface area contributed by atoms with Crippen LogP contribution in [0, 0.1) is 0 Å². The Balaban J connectivity index is 1.27. The fourth-order valence-corrected chi connectivity index (χ4v) is 7.73. The summed E-state index contributed by atoms with van der Waals surface area (Å²) >= 11 is 31.7. The smallest absolute Gasteiger partial charge is 0.258 e. The van der Waals surface area contributed by atoms with Crippen molar-refractivity contribution in [2.24, 2.45) is 20.5 Å². The van der Waals surface area contributed by atoms with Gasteiger partial charge in [0.2, 0.25) is 12.1 Å². The number of benzene rings is 5. The van der Waals surface area contributed by atoms with Gasteiger partial charge in [-0.15, -0.1) is 34.8 Å². The van der Waals surface area contributed by atoms with Crippen LogP contribution in [0.2, 0.25) is 10.0 Å². The van der Waals surface area contributed by atoms with Gasteiger partial charge >= 0.3 is 0 Å². The van der Waals surface area contributed by atoms with E-state index in [1.165, 1.54) is 68.8 Å². The molecule has 0 aliphatic rings. The first-order chi connectivity index (χ1) is 32.3. The molecular formula is C47H43Cl5N8O8. The zero-order valence-electron chi connectivity index (χ0n) is 37.1. The van der Waals surface area contributed by atoms with Gasteiger partial charge in [0.1, 0.15) is 11.5 Å². The summed E-state index contributed by atoms with van der Waals surface area (Å²) in [7, 11) is 2.98. The summed E-state index contributed by atoms with van der Waals surface area (Å²) in [6.07, 6.45) is 0. The van der Waals surface area contributed by atoms with Crippen LogP contribution in [0.5, 0.6) is 11.5 Å². The topological polar surface area (TPSA) is 218 Å². The third kappa shape index (κ3) is 13.6. The minimum Gasteiger partial charge on any atom is -0.496 e. The molecular weight excluding hydrogens is 982 g/mol. The van der Waals surface area contributed by atoms with Crippen LogP contribution in [0.4, 0.5) is 34.1 Å². The zero-order chi connectivity index (χ0) is 49.8. The fourth-order valence-electron chi connectivity index (χ4n) is 6.60. The molecule has 0 bridgehead atoms. The Morgan fingerprint density at radius 3 is 1.41 bits per heavy atom. The molecule has 0 radical (unpaired) electrons. The Hall–Kier alpha value is -6.43. The molecule has 4 amide bonds. The van der Waals surface area contributed by atoms with E-state index >= 15 is 0 Å². The van der Waals surface area contributed by atoms with Crippen LogP contribution in [0.3, 0.4) is 0 Å². The van der Waals surface area contributed by atoms with Crippen molar-refractivity contribution >= 4 is 127 Å². The predicted molar refractivity (Wildman–Crippen MR) is 265 cm³/mol. The van der Waals surface area contributed by atoms with Gasteiger partial charge < -0.3 is 30.7 Å². The molecule has 5 aromatic carbocycles. The third-order valence-electron chi connectivity index (χ3n) is 9.77. The number of hydrogen-bond donors (Lipinski definition) is 4. The van der Waals surface area contributed by atoms with Crippen molar-refractivity contribution in [1.82, 2.24) is 0 Å². The number of nitrogens with one attached hydrogen (secondary N) is 4. The first-order valence-corrected chi connectivity index (χ1v) is 22.5.